The Hall–Kier alpha value is -1.08. The van der Waals surface area contributed by atoms with Crippen molar-refractivity contribution in [1.82, 2.24) is 5.32 Å². The molecule has 1 amide bonds. The van der Waals surface area contributed by atoms with Gasteiger partial charge < -0.3 is 5.73 Å². The molecule has 0 rings (SSSR count). The average Bonchev–Trinajstić information content (AvgIpc) is 1.89. The number of hydrogen-bond donors (Lipinski definition) is 2. The van der Waals surface area contributed by atoms with Gasteiger partial charge in [0.25, 0.3) is 0 Å². The summed E-state index contributed by atoms with van der Waals surface area (Å²) < 4.78 is 0. The van der Waals surface area contributed by atoms with Crippen LogP contribution < -0.4 is 11.1 Å². The second-order valence-electron chi connectivity index (χ2n) is 2.00. The highest BCUT2D eigenvalue weighted by Crippen LogP contribution is 1.91. The van der Waals surface area contributed by atoms with Gasteiger partial charge in [-0.25, -0.2) is 0 Å². The summed E-state index contributed by atoms with van der Waals surface area (Å²) in [6.07, 6.45) is 2.99. The molecule has 0 unspecified atom stereocenters. The Balaban J connectivity index is 3.62. The minimum Gasteiger partial charge on any atom is -0.320 e. The Kier molecular flexibility index (Phi) is 4.25. The minimum absolute atomic E-state index is 0.399. The monoisotopic (exact) mass is 141 g/mol. The first-order chi connectivity index (χ1) is 4.72. The summed E-state index contributed by atoms with van der Waals surface area (Å²) >= 11 is 0. The molecule has 0 aromatic carbocycles. The van der Waals surface area contributed by atoms with Crippen LogP contribution in [-0.2, 0) is 4.79 Å². The van der Waals surface area contributed by atoms with Crippen molar-refractivity contribution in [3.05, 3.63) is 0 Å². The smallest absolute Gasteiger partial charge is 0.249 e. The molecule has 0 aliphatic rings. The first-order valence-corrected chi connectivity index (χ1v) is 3.17. The van der Waals surface area contributed by atoms with Gasteiger partial charge in [-0.1, -0.05) is 13.3 Å². The average molecular weight is 141 g/mol. The lowest BCUT2D eigenvalue weighted by Crippen LogP contribution is -2.38. The van der Waals surface area contributed by atoms with Gasteiger partial charge in [0.05, 0.1) is 6.04 Å². The maximum Gasteiger partial charge on any atom is 0.249 e. The molecule has 0 saturated heterocycles. The maximum atomic E-state index is 10.7. The molecule has 0 aromatic heterocycles. The Morgan fingerprint density at radius 3 is 2.90 bits per heavy atom. The summed E-state index contributed by atoms with van der Waals surface area (Å²) in [6, 6.07) is -0.537. The second kappa shape index (κ2) is 4.77. The lowest BCUT2D eigenvalue weighted by Gasteiger charge is -2.04. The first kappa shape index (κ1) is 8.92. The molecule has 0 aliphatic heterocycles. The third-order valence-corrected chi connectivity index (χ3v) is 1.12. The fourth-order valence-corrected chi connectivity index (χ4v) is 0.590. The van der Waals surface area contributed by atoms with Gasteiger partial charge in [0.2, 0.25) is 5.91 Å². The summed E-state index contributed by atoms with van der Waals surface area (Å²) in [4.78, 5) is 10.7. The van der Waals surface area contributed by atoms with E-state index in [1.807, 2.05) is 12.2 Å². The molecule has 0 spiro atoms. The predicted octanol–water partition coefficient (Wildman–Crippen LogP) is -0.289. The van der Waals surface area contributed by atoms with Crippen LogP contribution in [0, 0.1) is 11.5 Å². The topological polar surface area (TPSA) is 78.9 Å². The van der Waals surface area contributed by atoms with E-state index in [0.29, 0.717) is 6.42 Å². The number of rotatable bonds is 3. The Bertz CT molecular complexity index is 150. The lowest BCUT2D eigenvalue weighted by molar-refractivity contribution is -0.121. The van der Waals surface area contributed by atoms with Crippen molar-refractivity contribution in [3.8, 4) is 6.19 Å². The van der Waals surface area contributed by atoms with Crippen LogP contribution >= 0.6 is 0 Å². The van der Waals surface area contributed by atoms with Crippen molar-refractivity contribution in [3.63, 3.8) is 0 Å². The molecule has 0 aliphatic carbocycles. The van der Waals surface area contributed by atoms with Crippen LogP contribution in [0.5, 0.6) is 0 Å². The summed E-state index contributed by atoms with van der Waals surface area (Å²) in [6.45, 7) is 1.93. The minimum atomic E-state index is -0.537. The molecule has 0 saturated carbocycles. The Labute approximate surface area is 60.0 Å². The van der Waals surface area contributed by atoms with E-state index in [4.69, 9.17) is 11.0 Å². The number of hydrogen-bond acceptors (Lipinski definition) is 3. The molecule has 0 aromatic rings. The van der Waals surface area contributed by atoms with E-state index < -0.39 is 11.9 Å². The van der Waals surface area contributed by atoms with Crippen molar-refractivity contribution in [2.75, 3.05) is 0 Å². The molecule has 1 atom stereocenters. The fourth-order valence-electron chi connectivity index (χ4n) is 0.590. The number of nitrogens with one attached hydrogen (secondary N) is 1. The van der Waals surface area contributed by atoms with Crippen LogP contribution in [0.1, 0.15) is 19.8 Å². The van der Waals surface area contributed by atoms with Crippen molar-refractivity contribution in [2.45, 2.75) is 25.8 Å². The van der Waals surface area contributed by atoms with E-state index in [-0.39, 0.29) is 0 Å². The normalized spacial score (nSPS) is 11.7. The molecule has 4 heteroatoms. The first-order valence-electron chi connectivity index (χ1n) is 3.17. The van der Waals surface area contributed by atoms with Crippen molar-refractivity contribution in [2.24, 2.45) is 5.73 Å². The van der Waals surface area contributed by atoms with E-state index >= 15 is 0 Å². The summed E-state index contributed by atoms with van der Waals surface area (Å²) in [7, 11) is 0. The molecule has 3 N–H and O–H groups in total. The van der Waals surface area contributed by atoms with E-state index in [1.165, 1.54) is 6.19 Å². The van der Waals surface area contributed by atoms with Crippen molar-refractivity contribution < 1.29 is 4.79 Å². The van der Waals surface area contributed by atoms with Crippen LogP contribution in [-0.4, -0.2) is 11.9 Å². The number of carbonyl (C=O) groups excluding carboxylic acids is 1. The number of nitriles is 1. The third kappa shape index (κ3) is 3.05. The number of nitrogens with zero attached hydrogens (tertiary/aromatic N) is 1. The van der Waals surface area contributed by atoms with Gasteiger partial charge in [-0.2, -0.15) is 5.26 Å². The number of nitrogens with two attached hydrogens (primary N) is 1. The van der Waals surface area contributed by atoms with E-state index in [9.17, 15) is 4.79 Å². The molecule has 4 nitrogen and oxygen atoms in total. The Morgan fingerprint density at radius 2 is 2.50 bits per heavy atom. The molecular weight excluding hydrogens is 130 g/mol. The van der Waals surface area contributed by atoms with Gasteiger partial charge >= 0.3 is 0 Å². The van der Waals surface area contributed by atoms with Crippen LogP contribution in [0.15, 0.2) is 0 Å². The molecule has 10 heavy (non-hydrogen) atoms. The highest BCUT2D eigenvalue weighted by atomic mass is 16.2. The van der Waals surface area contributed by atoms with Gasteiger partial charge in [-0.05, 0) is 6.42 Å². The van der Waals surface area contributed by atoms with Gasteiger partial charge in [-0.15, -0.1) is 0 Å². The molecule has 0 fully saturated rings. The van der Waals surface area contributed by atoms with E-state index in [2.05, 4.69) is 0 Å². The zero-order chi connectivity index (χ0) is 7.98. The number of carbonyl (C=O) groups is 1. The molecular formula is C6H11N3O. The molecule has 0 radical (unpaired) electrons. The largest absolute Gasteiger partial charge is 0.320 e. The van der Waals surface area contributed by atoms with Crippen LogP contribution in [0.25, 0.3) is 0 Å². The SMILES string of the molecule is CCC[C@H](N)C(=O)NC#N. The summed E-state index contributed by atoms with van der Waals surface area (Å²) in [5.74, 6) is -0.399. The summed E-state index contributed by atoms with van der Waals surface area (Å²) in [5, 5.41) is 9.99. The Morgan fingerprint density at radius 1 is 1.90 bits per heavy atom. The molecule has 0 bridgehead atoms. The zero-order valence-corrected chi connectivity index (χ0v) is 5.92. The maximum absolute atomic E-state index is 10.7. The van der Waals surface area contributed by atoms with Crippen LogP contribution in [0.4, 0.5) is 0 Å². The number of amides is 1. The second-order valence-corrected chi connectivity index (χ2v) is 2.00. The molecule has 0 heterocycles. The van der Waals surface area contributed by atoms with Gasteiger partial charge in [0.1, 0.15) is 0 Å². The van der Waals surface area contributed by atoms with Crippen molar-refractivity contribution in [1.29, 1.82) is 5.26 Å². The fraction of sp³-hybridized carbons (Fsp3) is 0.667. The lowest BCUT2D eigenvalue weighted by atomic mass is 10.2. The zero-order valence-electron chi connectivity index (χ0n) is 5.92. The highest BCUT2D eigenvalue weighted by Gasteiger charge is 2.10. The van der Waals surface area contributed by atoms with E-state index in [0.717, 1.165) is 6.42 Å². The van der Waals surface area contributed by atoms with Gasteiger partial charge in [0, 0.05) is 0 Å². The highest BCUT2D eigenvalue weighted by molar-refractivity contribution is 5.82. The predicted molar refractivity (Wildman–Crippen MR) is 36.6 cm³/mol. The van der Waals surface area contributed by atoms with Gasteiger partial charge in [0.15, 0.2) is 6.19 Å². The van der Waals surface area contributed by atoms with Crippen LogP contribution in [0.2, 0.25) is 0 Å². The quantitative estimate of drug-likeness (QED) is 0.418. The van der Waals surface area contributed by atoms with Gasteiger partial charge in [-0.3, -0.25) is 10.1 Å². The van der Waals surface area contributed by atoms with E-state index in [1.54, 1.807) is 0 Å². The standard InChI is InChI=1S/C6H11N3O/c1-2-3-5(8)6(10)9-4-7/h5H,2-3,8H2,1H3,(H,9,10)/t5-/m0/s1. The summed E-state index contributed by atoms with van der Waals surface area (Å²) in [5.41, 5.74) is 5.35. The molecule has 56 valence electrons. The van der Waals surface area contributed by atoms with Crippen LogP contribution in [0.3, 0.4) is 0 Å². The third-order valence-electron chi connectivity index (χ3n) is 1.12. The van der Waals surface area contributed by atoms with Crippen molar-refractivity contribution >= 4 is 5.91 Å².